The van der Waals surface area contributed by atoms with E-state index in [0.717, 1.165) is 175 Å². The molecule has 18 rings (SSSR count). The van der Waals surface area contributed by atoms with Crippen molar-refractivity contribution in [3.63, 3.8) is 0 Å². The van der Waals surface area contributed by atoms with Gasteiger partial charge in [0.1, 0.15) is 5.60 Å². The van der Waals surface area contributed by atoms with Crippen molar-refractivity contribution in [3.8, 4) is 0 Å². The van der Waals surface area contributed by atoms with Gasteiger partial charge in [-0.3, -0.25) is 52.8 Å². The van der Waals surface area contributed by atoms with E-state index in [2.05, 4.69) is 34.2 Å². The lowest BCUT2D eigenvalue weighted by Gasteiger charge is -2.38. The average molecular weight is 1760 g/mol. The van der Waals surface area contributed by atoms with Crippen molar-refractivity contribution in [1.29, 1.82) is 0 Å². The number of carbonyl (C=O) groups is 13. The summed E-state index contributed by atoms with van der Waals surface area (Å²) in [6.07, 6.45) is 12.6. The number of aliphatic carboxylic acids is 5. The van der Waals surface area contributed by atoms with E-state index in [1.54, 1.807) is 14.7 Å². The molecule has 36 heteroatoms. The molecule has 17 aliphatic heterocycles. The van der Waals surface area contributed by atoms with Gasteiger partial charge in [0.25, 0.3) is 0 Å². The van der Waals surface area contributed by atoms with Crippen LogP contribution in [-0.4, -0.2) is 361 Å². The van der Waals surface area contributed by atoms with Gasteiger partial charge in [-0.1, -0.05) is 37.3 Å². The number of amides is 7. The van der Waals surface area contributed by atoms with Crippen molar-refractivity contribution in [1.82, 2.24) is 49.4 Å². The number of carbonyl (C=O) groups excluding carboxylic acids is 10. The second kappa shape index (κ2) is 41.9. The van der Waals surface area contributed by atoms with Crippen LogP contribution >= 0.6 is 0 Å². The number of fused-ring (bicyclic) bond motifs is 12. The molecule has 0 aliphatic carbocycles. The monoisotopic (exact) mass is 1750 g/mol. The Bertz CT molecular complexity index is 3970. The number of methoxy groups -OCH3 is 1. The predicted molar refractivity (Wildman–Crippen MR) is 438 cm³/mol. The lowest BCUT2D eigenvalue weighted by molar-refractivity contribution is -0.315. The first-order valence-corrected chi connectivity index (χ1v) is 45.8. The van der Waals surface area contributed by atoms with Crippen molar-refractivity contribution >= 4 is 77.4 Å². The molecule has 7 amide bonds. The summed E-state index contributed by atoms with van der Waals surface area (Å²) >= 11 is 0. The van der Waals surface area contributed by atoms with E-state index in [-0.39, 0.29) is 127 Å². The minimum atomic E-state index is -1.14. The van der Waals surface area contributed by atoms with Crippen LogP contribution in [0.3, 0.4) is 0 Å². The highest BCUT2D eigenvalue weighted by atomic mass is 16.6. The van der Waals surface area contributed by atoms with Gasteiger partial charge in [0.2, 0.25) is 35.4 Å². The van der Waals surface area contributed by atoms with E-state index < -0.39 is 101 Å². The maximum atomic E-state index is 12.9. The second-order valence-electron chi connectivity index (χ2n) is 37.7. The number of likely N-dealkylation sites (tertiary alicyclic amines) is 2. The third kappa shape index (κ3) is 21.7. The number of carboxylic acids is 5. The zero-order valence-electron chi connectivity index (χ0n) is 73.4. The number of rotatable bonds is 18. The Morgan fingerprint density at radius 3 is 1.01 bits per heavy atom. The number of nitrogens with zero attached hydrogens (tertiary/aromatic N) is 9. The molecule has 17 saturated heterocycles. The molecule has 17 aliphatic rings. The summed E-state index contributed by atoms with van der Waals surface area (Å²) < 4.78 is 44.2. The highest BCUT2D eigenvalue weighted by Crippen LogP contribution is 2.50. The van der Waals surface area contributed by atoms with E-state index in [4.69, 9.17) is 37.9 Å². The molecule has 12 bridgehead atoms. The number of carboxylic acid groups (broad SMARTS) is 5. The van der Waals surface area contributed by atoms with E-state index in [1.165, 1.54) is 19.1 Å². The van der Waals surface area contributed by atoms with Crippen LogP contribution in [0.15, 0.2) is 30.3 Å². The van der Waals surface area contributed by atoms with Crippen molar-refractivity contribution < 1.29 is 126 Å². The minimum absolute atomic E-state index is 0.0287. The number of piperazine rings is 3. The van der Waals surface area contributed by atoms with Crippen LogP contribution in [0.1, 0.15) is 149 Å². The summed E-state index contributed by atoms with van der Waals surface area (Å²) in [5.41, 5.74) is 0.717. The maximum absolute atomic E-state index is 12.9. The largest absolute Gasteiger partial charge is 0.550 e. The normalized spacial score (nSPS) is 35.0. The quantitative estimate of drug-likeness (QED) is 0.148. The predicted octanol–water partition coefficient (Wildman–Crippen LogP) is 0.897. The van der Waals surface area contributed by atoms with Gasteiger partial charge in [-0.15, -0.1) is 0 Å². The summed E-state index contributed by atoms with van der Waals surface area (Å²) in [6, 6.07) is 10.3. The first kappa shape index (κ1) is 94.4. The minimum Gasteiger partial charge on any atom is -0.550 e. The summed E-state index contributed by atoms with van der Waals surface area (Å²) in [7, 11) is 5.23. The van der Waals surface area contributed by atoms with Gasteiger partial charge < -0.3 is 118 Å². The number of nitrogens with one attached hydrogen (secondary N) is 1. The van der Waals surface area contributed by atoms with Crippen LogP contribution in [0.5, 0.6) is 0 Å². The first-order valence-electron chi connectivity index (χ1n) is 45.8. The molecule has 4 N–H and O–H groups in total. The maximum Gasteiger partial charge on any atom is 0.410 e. The van der Waals surface area contributed by atoms with Crippen LogP contribution in [0.2, 0.25) is 0 Å². The van der Waals surface area contributed by atoms with Crippen LogP contribution in [0.25, 0.3) is 0 Å². The fourth-order valence-corrected chi connectivity index (χ4v) is 22.4. The smallest absolute Gasteiger partial charge is 0.410 e. The molecular weight excluding hydrogens is 1630 g/mol. The molecule has 17 fully saturated rings. The Hall–Kier alpha value is -8.23. The molecule has 0 saturated carbocycles. The molecule has 12 unspecified atom stereocenters. The van der Waals surface area contributed by atoms with Crippen LogP contribution < -0.4 is 15.5 Å². The molecule has 1 aromatic carbocycles. The highest BCUT2D eigenvalue weighted by molar-refractivity contribution is 5.91. The fraction of sp³-hybridized carbons (Fsp3) is 0.787. The van der Waals surface area contributed by atoms with Gasteiger partial charge in [0.05, 0.1) is 140 Å². The van der Waals surface area contributed by atoms with Crippen LogP contribution in [0.4, 0.5) is 4.79 Å². The molecule has 0 spiro atoms. The number of hydrogen-bond acceptors (Lipinski definition) is 26. The van der Waals surface area contributed by atoms with E-state index in [0.29, 0.717) is 65.3 Å². The number of piperidine rings is 2. The van der Waals surface area contributed by atoms with Crippen molar-refractivity contribution in [3.05, 3.63) is 35.9 Å². The Labute approximate surface area is 730 Å². The lowest BCUT2D eigenvalue weighted by atomic mass is 9.78. The molecule has 0 aromatic heterocycles. The number of esters is 1. The summed E-state index contributed by atoms with van der Waals surface area (Å²) in [6.45, 7) is 21.4. The van der Waals surface area contributed by atoms with Gasteiger partial charge in [0.15, 0.2) is 0 Å². The van der Waals surface area contributed by atoms with Crippen LogP contribution in [0, 0.1) is 71.0 Å². The third-order valence-electron chi connectivity index (χ3n) is 28.7. The molecule has 24 atom stereocenters. The number of likely N-dealkylation sites (N-methyl/N-ethyl adjacent to an activating group) is 2. The van der Waals surface area contributed by atoms with E-state index in [9.17, 15) is 87.9 Å². The fourth-order valence-electron chi connectivity index (χ4n) is 22.4. The van der Waals surface area contributed by atoms with Crippen molar-refractivity contribution in [2.75, 3.05) is 146 Å². The molecule has 17 heterocycles. The summed E-state index contributed by atoms with van der Waals surface area (Å²) in [5.74, 6) is -12.7. The zero-order chi connectivity index (χ0) is 89.4. The third-order valence-corrected chi connectivity index (χ3v) is 28.7. The van der Waals surface area contributed by atoms with Crippen molar-refractivity contribution in [2.45, 2.75) is 229 Å². The average Bonchev–Trinajstić information content (AvgIpc) is 1.72. The van der Waals surface area contributed by atoms with Crippen LogP contribution in [-0.2, 0) is 102 Å². The Morgan fingerprint density at radius 1 is 0.392 bits per heavy atom. The number of hydrogen-bond donors (Lipinski definition) is 4. The van der Waals surface area contributed by atoms with E-state index >= 15 is 0 Å². The SMILES string of the molecule is CC(C)(C)OC(=O)N1CCN(C(=O)C2C(C(=O)O)[C@H]3CC[C@@H]2O3)CC1.CCN1CCN(C(=O)C2C(C(=O)[O-])[C@H]3CC[C@@H]2O3)CC1.CN(C)CCNC(=O)C1C(C(=O)O)[C@H]2CC[C@@H]1O2.COC(=O)C1C(C(=O)N2CCCCC2)[C@@H]2CC[C@H]1O2.O=C(O)C1C(C(=O)N2CCN(Cc3ccccc3)CC2)[C@@H]2CC[C@H]1O2.O=C([O-])C1C(C(=O)N2CCCCC2)[C@@H]2CC[C@H]1O2. The van der Waals surface area contributed by atoms with Gasteiger partial charge in [0, 0.05) is 148 Å². The highest BCUT2D eigenvalue weighted by Gasteiger charge is 2.62. The first-order chi connectivity index (χ1) is 59.8. The molecular formula is C89H130N10O26-2. The lowest BCUT2D eigenvalue weighted by Crippen LogP contribution is -2.55. The van der Waals surface area contributed by atoms with Gasteiger partial charge >= 0.3 is 30.0 Å². The zero-order valence-corrected chi connectivity index (χ0v) is 73.4. The second-order valence-corrected chi connectivity index (χ2v) is 37.7. The Balaban J connectivity index is 0.000000129. The molecule has 36 nitrogen and oxygen atoms in total. The molecule has 1 aromatic rings. The summed E-state index contributed by atoms with van der Waals surface area (Å²) in [5, 5.41) is 53.5. The molecule has 694 valence electrons. The Kier molecular flexibility index (Phi) is 31.6. The Morgan fingerprint density at radius 2 is 0.680 bits per heavy atom. The molecule has 0 radical (unpaired) electrons. The topological polar surface area (TPSA) is 444 Å². The molecule has 125 heavy (non-hydrogen) atoms. The van der Waals surface area contributed by atoms with E-state index in [1.807, 2.05) is 72.7 Å². The van der Waals surface area contributed by atoms with Gasteiger partial charge in [-0.05, 0) is 163 Å². The summed E-state index contributed by atoms with van der Waals surface area (Å²) in [4.78, 5) is 174. The van der Waals surface area contributed by atoms with Gasteiger partial charge in [-0.2, -0.15) is 0 Å². The van der Waals surface area contributed by atoms with Gasteiger partial charge in [-0.25, -0.2) is 4.79 Å². The van der Waals surface area contributed by atoms with Crippen molar-refractivity contribution in [2.24, 2.45) is 71.0 Å². The number of ether oxygens (including phenoxy) is 8. The number of benzene rings is 1. The standard InChI is InChI=1S/C19H24N2O4.C17H26N2O6.C14H22N2O4.C14H21NO4.C13H19NO4.C12H20N2O4/c22-18(16-14-6-7-15(25-14)17(16)19(23)24)21-10-8-20(9-11-21)12-13-4-2-1-3-5-13;1-17(2,3)25-16(23)19-8-6-18(7-9-19)14(20)12-10-4-5-11(24-10)13(12)15(21)22;1-2-15-5-7-16(8-6-15)13(17)11-9-3-4-10(20-9)12(11)14(18)19;1-18-14(17)12-10-6-5-9(19-10)11(12)13(16)15-7-3-2-4-8-15;15-12(14-6-2-1-3-7-14)10-8-4-5-9(18-8)11(10)13(16)17;1-14(2)6-5-13-11(15)9-7-3-4-8(18-7)10(9)12(16)17/h1-5,14-17H,6-12H2,(H,23,24);10-13H,4-9H2,1-3H3,(H,21,22);9-12H,2-8H2,1H3,(H,18,19);9-12H,2-8H2,1H3;8-11H,1-7H2,(H,16,17);7-10H,3-6H2,1-2H3,(H,13,15)(H,16,17)/p-2/t14-,15+,16?,17?;10-,11+,12?,13?;2*9-,10+,11?,12?;8-,9+,10?,11?;7-,8+,9?,10?/m000000/s1.